The van der Waals surface area contributed by atoms with Gasteiger partial charge >= 0.3 is 0 Å². The first-order valence-corrected chi connectivity index (χ1v) is 10.9. The number of ether oxygens (including phenoxy) is 1. The highest BCUT2D eigenvalue weighted by Crippen LogP contribution is 2.16. The number of aromatic nitrogens is 2. The Morgan fingerprint density at radius 3 is 2.25 bits per heavy atom. The van der Waals surface area contributed by atoms with Crippen LogP contribution in [0.4, 0.5) is 0 Å². The van der Waals surface area contributed by atoms with Crippen molar-refractivity contribution in [2.75, 3.05) is 26.7 Å². The summed E-state index contributed by atoms with van der Waals surface area (Å²) in [4.78, 5) is 30.3. The van der Waals surface area contributed by atoms with Crippen LogP contribution < -0.4 is 5.56 Å². The minimum Gasteiger partial charge on any atom is -0.378 e. The Kier molecular flexibility index (Phi) is 6.58. The number of carbonyl (C=O) groups is 1. The molecule has 32 heavy (non-hydrogen) atoms. The zero-order valence-corrected chi connectivity index (χ0v) is 18.9. The maximum absolute atomic E-state index is 13.3. The molecule has 1 aliphatic rings. The molecule has 0 aliphatic carbocycles. The number of amides is 1. The Bertz CT molecular complexity index is 1120. The molecule has 1 amide bonds. The van der Waals surface area contributed by atoms with Gasteiger partial charge in [-0.15, -0.1) is 0 Å². The fraction of sp³-hybridized carbons (Fsp3) is 0.360. The van der Waals surface area contributed by atoms with Crippen LogP contribution in [0.5, 0.6) is 0 Å². The Morgan fingerprint density at radius 1 is 0.938 bits per heavy atom. The van der Waals surface area contributed by atoms with E-state index in [1.807, 2.05) is 89.1 Å². The topological polar surface area (TPSA) is 59.7 Å². The minimum atomic E-state index is -0.120. The molecule has 3 aromatic rings. The van der Waals surface area contributed by atoms with Gasteiger partial charge in [-0.05, 0) is 24.6 Å². The van der Waals surface area contributed by atoms with Gasteiger partial charge in [0.05, 0.1) is 23.9 Å². The first kappa shape index (κ1) is 22.0. The summed E-state index contributed by atoms with van der Waals surface area (Å²) in [5.41, 5.74) is 3.46. The molecule has 4 rings (SSSR count). The third-order valence-corrected chi connectivity index (χ3v) is 6.20. The van der Waals surface area contributed by atoms with Crippen molar-refractivity contribution in [3.8, 4) is 5.69 Å². The van der Waals surface area contributed by atoms with Gasteiger partial charge in [0.15, 0.2) is 0 Å². The molecule has 1 fully saturated rings. The summed E-state index contributed by atoms with van der Waals surface area (Å²) in [6, 6.07) is 19.6. The number of para-hydroxylation sites is 1. The molecule has 7 heteroatoms. The molecule has 1 aromatic heterocycles. The Balaban J connectivity index is 1.57. The summed E-state index contributed by atoms with van der Waals surface area (Å²) in [5, 5.41) is 0. The predicted octanol–water partition coefficient (Wildman–Crippen LogP) is 2.34. The second kappa shape index (κ2) is 9.54. The van der Waals surface area contributed by atoms with Crippen LogP contribution in [0.2, 0.25) is 0 Å². The lowest BCUT2D eigenvalue weighted by Crippen LogP contribution is -2.37. The van der Waals surface area contributed by atoms with Gasteiger partial charge in [0.25, 0.3) is 5.56 Å². The van der Waals surface area contributed by atoms with Crippen LogP contribution in [-0.2, 0) is 29.7 Å². The van der Waals surface area contributed by atoms with E-state index in [0.29, 0.717) is 31.7 Å². The van der Waals surface area contributed by atoms with E-state index >= 15 is 0 Å². The third-order valence-electron chi connectivity index (χ3n) is 6.20. The molecule has 1 atom stereocenters. The summed E-state index contributed by atoms with van der Waals surface area (Å²) in [5.74, 6) is 0.0466. The maximum Gasteiger partial charge on any atom is 0.276 e. The Labute approximate surface area is 188 Å². The minimum absolute atomic E-state index is 0.0466. The van der Waals surface area contributed by atoms with Gasteiger partial charge in [0, 0.05) is 46.0 Å². The van der Waals surface area contributed by atoms with Crippen molar-refractivity contribution in [3.63, 3.8) is 0 Å². The predicted molar refractivity (Wildman–Crippen MR) is 124 cm³/mol. The van der Waals surface area contributed by atoms with Crippen molar-refractivity contribution in [2.45, 2.75) is 26.1 Å². The van der Waals surface area contributed by atoms with Gasteiger partial charge in [0.1, 0.15) is 0 Å². The largest absolute Gasteiger partial charge is 0.378 e. The molecule has 2 heterocycles. The van der Waals surface area contributed by atoms with Crippen molar-refractivity contribution >= 4 is 5.91 Å². The number of rotatable bonds is 6. The van der Waals surface area contributed by atoms with E-state index in [2.05, 4.69) is 0 Å². The van der Waals surface area contributed by atoms with E-state index < -0.39 is 0 Å². The first-order chi connectivity index (χ1) is 15.5. The molecule has 2 aromatic carbocycles. The Hall–Kier alpha value is -3.16. The van der Waals surface area contributed by atoms with Gasteiger partial charge in [-0.1, -0.05) is 48.5 Å². The zero-order valence-electron chi connectivity index (χ0n) is 18.9. The highest BCUT2D eigenvalue weighted by molar-refractivity contribution is 5.78. The van der Waals surface area contributed by atoms with Crippen LogP contribution in [0.1, 0.15) is 16.8 Å². The molecule has 1 unspecified atom stereocenters. The van der Waals surface area contributed by atoms with Crippen molar-refractivity contribution in [2.24, 2.45) is 7.05 Å². The highest BCUT2D eigenvalue weighted by atomic mass is 16.5. The molecule has 0 saturated carbocycles. The standard InChI is InChI=1S/C25H30N4O3/c1-19-23(25(31)29(26(19)2)21-12-8-5-9-13-21)17-27-15-22(32-3)16-28(24(30)18-27)14-20-10-6-4-7-11-20/h4-13,22H,14-18H2,1-3H3. The average molecular weight is 435 g/mol. The van der Waals surface area contributed by atoms with E-state index in [-0.39, 0.29) is 24.1 Å². The monoisotopic (exact) mass is 434 g/mol. The van der Waals surface area contributed by atoms with Crippen molar-refractivity contribution < 1.29 is 9.53 Å². The van der Waals surface area contributed by atoms with E-state index in [0.717, 1.165) is 16.9 Å². The molecular formula is C25H30N4O3. The molecule has 0 bridgehead atoms. The van der Waals surface area contributed by atoms with Crippen LogP contribution in [0, 0.1) is 6.92 Å². The zero-order chi connectivity index (χ0) is 22.7. The van der Waals surface area contributed by atoms with Crippen LogP contribution >= 0.6 is 0 Å². The molecule has 0 spiro atoms. The quantitative estimate of drug-likeness (QED) is 0.598. The van der Waals surface area contributed by atoms with Gasteiger partial charge in [-0.3, -0.25) is 19.2 Å². The molecule has 1 saturated heterocycles. The fourth-order valence-electron chi connectivity index (χ4n) is 4.30. The van der Waals surface area contributed by atoms with E-state index in [1.165, 1.54) is 0 Å². The van der Waals surface area contributed by atoms with Crippen molar-refractivity contribution in [3.05, 3.63) is 87.8 Å². The van der Waals surface area contributed by atoms with Crippen LogP contribution in [-0.4, -0.2) is 57.9 Å². The smallest absolute Gasteiger partial charge is 0.276 e. The second-order valence-electron chi connectivity index (χ2n) is 8.33. The third kappa shape index (κ3) is 4.54. The van der Waals surface area contributed by atoms with Gasteiger partial charge in [-0.25, -0.2) is 4.68 Å². The van der Waals surface area contributed by atoms with Gasteiger partial charge in [-0.2, -0.15) is 0 Å². The lowest BCUT2D eigenvalue weighted by molar-refractivity contribution is -0.132. The summed E-state index contributed by atoms with van der Waals surface area (Å²) in [7, 11) is 3.57. The van der Waals surface area contributed by atoms with Crippen LogP contribution in [0.25, 0.3) is 5.69 Å². The first-order valence-electron chi connectivity index (χ1n) is 10.9. The van der Waals surface area contributed by atoms with Gasteiger partial charge < -0.3 is 9.64 Å². The van der Waals surface area contributed by atoms with Crippen LogP contribution in [0.3, 0.4) is 0 Å². The lowest BCUT2D eigenvalue weighted by Gasteiger charge is -2.23. The Morgan fingerprint density at radius 2 is 1.59 bits per heavy atom. The summed E-state index contributed by atoms with van der Waals surface area (Å²) < 4.78 is 9.25. The number of benzene rings is 2. The van der Waals surface area contributed by atoms with E-state index in [4.69, 9.17) is 4.74 Å². The molecular weight excluding hydrogens is 404 g/mol. The highest BCUT2D eigenvalue weighted by Gasteiger charge is 2.29. The fourth-order valence-corrected chi connectivity index (χ4v) is 4.30. The number of carbonyl (C=O) groups excluding carboxylic acids is 1. The SMILES string of the molecule is COC1CN(Cc2c(C)n(C)n(-c3ccccc3)c2=O)CC(=O)N(Cc2ccccc2)C1. The second-order valence-corrected chi connectivity index (χ2v) is 8.33. The van der Waals surface area contributed by atoms with Crippen LogP contribution in [0.15, 0.2) is 65.5 Å². The maximum atomic E-state index is 13.3. The van der Waals surface area contributed by atoms with E-state index in [1.54, 1.807) is 11.8 Å². The molecule has 168 valence electrons. The summed E-state index contributed by atoms with van der Waals surface area (Å²) >= 11 is 0. The average Bonchev–Trinajstić information content (AvgIpc) is 2.92. The molecule has 7 nitrogen and oxygen atoms in total. The normalized spacial score (nSPS) is 17.5. The van der Waals surface area contributed by atoms with Crippen molar-refractivity contribution in [1.29, 1.82) is 0 Å². The molecule has 0 N–H and O–H groups in total. The number of hydrogen-bond acceptors (Lipinski definition) is 4. The lowest BCUT2D eigenvalue weighted by atomic mass is 10.2. The summed E-state index contributed by atoms with van der Waals surface area (Å²) in [6.45, 7) is 4.29. The molecule has 1 aliphatic heterocycles. The number of hydrogen-bond donors (Lipinski definition) is 0. The van der Waals surface area contributed by atoms with Gasteiger partial charge in [0.2, 0.25) is 5.91 Å². The van der Waals surface area contributed by atoms with Crippen molar-refractivity contribution in [1.82, 2.24) is 19.2 Å². The molecule has 0 radical (unpaired) electrons. The van der Waals surface area contributed by atoms with E-state index in [9.17, 15) is 9.59 Å². The number of nitrogens with zero attached hydrogens (tertiary/aromatic N) is 4. The number of methoxy groups -OCH3 is 1. The summed E-state index contributed by atoms with van der Waals surface area (Å²) in [6.07, 6.45) is -0.120.